The molecule has 3 heterocycles. The second kappa shape index (κ2) is 5.39. The van der Waals surface area contributed by atoms with E-state index in [2.05, 4.69) is 40.0 Å². The third-order valence-electron chi connectivity index (χ3n) is 4.48. The molecule has 2 aromatic heterocycles. The maximum Gasteiger partial charge on any atom is 0.227 e. The predicted octanol–water partition coefficient (Wildman–Crippen LogP) is 2.36. The molecule has 1 unspecified atom stereocenters. The average Bonchev–Trinajstić information content (AvgIpc) is 3.07. The Morgan fingerprint density at radius 1 is 1.43 bits per heavy atom. The fourth-order valence-corrected chi connectivity index (χ4v) is 3.28. The Hall–Kier alpha value is -2.04. The van der Waals surface area contributed by atoms with Crippen molar-refractivity contribution in [3.63, 3.8) is 0 Å². The van der Waals surface area contributed by atoms with Gasteiger partial charge in [0.2, 0.25) is 5.91 Å². The van der Waals surface area contributed by atoms with Crippen LogP contribution in [0.1, 0.15) is 42.0 Å². The Balaban J connectivity index is 1.82. The molecule has 1 amide bonds. The zero-order valence-corrected chi connectivity index (χ0v) is 12.9. The van der Waals surface area contributed by atoms with E-state index in [0.29, 0.717) is 6.42 Å². The van der Waals surface area contributed by atoms with Crippen LogP contribution in [0.4, 0.5) is 0 Å². The van der Waals surface area contributed by atoms with Gasteiger partial charge in [-0.25, -0.2) is 0 Å². The summed E-state index contributed by atoms with van der Waals surface area (Å²) in [5.74, 6) is 0.196. The van der Waals surface area contributed by atoms with E-state index in [1.165, 1.54) is 5.69 Å². The first kappa shape index (κ1) is 13.9. The molecule has 1 N–H and O–H groups in total. The summed E-state index contributed by atoms with van der Waals surface area (Å²) in [4.78, 5) is 14.8. The molecule has 0 spiro atoms. The summed E-state index contributed by atoms with van der Waals surface area (Å²) in [7, 11) is 0. The first-order valence-electron chi connectivity index (χ1n) is 7.56. The van der Waals surface area contributed by atoms with Crippen molar-refractivity contribution in [1.82, 2.24) is 19.7 Å². The van der Waals surface area contributed by atoms with Crippen LogP contribution in [0.5, 0.6) is 0 Å². The Labute approximate surface area is 125 Å². The van der Waals surface area contributed by atoms with E-state index in [1.54, 1.807) is 0 Å². The van der Waals surface area contributed by atoms with Gasteiger partial charge < -0.3 is 9.47 Å². The first-order valence-corrected chi connectivity index (χ1v) is 7.56. The number of hydrogen-bond acceptors (Lipinski definition) is 2. The normalized spacial score (nSPS) is 17.9. The van der Waals surface area contributed by atoms with E-state index in [-0.39, 0.29) is 11.9 Å². The highest BCUT2D eigenvalue weighted by atomic mass is 16.2. The summed E-state index contributed by atoms with van der Waals surface area (Å²) in [6.07, 6.45) is 3.48. The number of carbonyl (C=O) groups excluding carboxylic acids is 1. The van der Waals surface area contributed by atoms with Crippen molar-refractivity contribution in [2.75, 3.05) is 6.54 Å². The molecule has 0 saturated carbocycles. The lowest BCUT2D eigenvalue weighted by Crippen LogP contribution is -2.42. The minimum atomic E-state index is 0.189. The minimum absolute atomic E-state index is 0.189. The van der Waals surface area contributed by atoms with Gasteiger partial charge in [0.05, 0.1) is 18.2 Å². The van der Waals surface area contributed by atoms with Crippen molar-refractivity contribution in [1.29, 1.82) is 0 Å². The van der Waals surface area contributed by atoms with Crippen LogP contribution in [0.15, 0.2) is 18.3 Å². The molecule has 0 radical (unpaired) electrons. The summed E-state index contributed by atoms with van der Waals surface area (Å²) in [5, 5.41) is 7.14. The first-order chi connectivity index (χ1) is 10.1. The maximum atomic E-state index is 12.7. The van der Waals surface area contributed by atoms with E-state index in [9.17, 15) is 4.79 Å². The summed E-state index contributed by atoms with van der Waals surface area (Å²) < 4.78 is 2.26. The molecular formula is C16H22N4O. The van der Waals surface area contributed by atoms with Gasteiger partial charge in [0.1, 0.15) is 0 Å². The van der Waals surface area contributed by atoms with Crippen molar-refractivity contribution in [2.45, 2.75) is 46.2 Å². The SMILES string of the molecule is CCC1c2cccn2CCN1C(=O)Cc1c(C)n[nH]c1C. The van der Waals surface area contributed by atoms with E-state index < -0.39 is 0 Å². The van der Waals surface area contributed by atoms with Gasteiger partial charge in [-0.15, -0.1) is 0 Å². The third kappa shape index (κ3) is 2.37. The monoisotopic (exact) mass is 286 g/mol. The van der Waals surface area contributed by atoms with Crippen molar-refractivity contribution >= 4 is 5.91 Å². The number of carbonyl (C=O) groups is 1. The minimum Gasteiger partial charge on any atom is -0.348 e. The molecular weight excluding hydrogens is 264 g/mol. The lowest BCUT2D eigenvalue weighted by atomic mass is 10.0. The number of aryl methyl sites for hydroxylation is 2. The lowest BCUT2D eigenvalue weighted by molar-refractivity contribution is -0.134. The zero-order chi connectivity index (χ0) is 15.0. The highest BCUT2D eigenvalue weighted by Crippen LogP contribution is 2.29. The second-order valence-electron chi connectivity index (χ2n) is 5.73. The molecule has 3 rings (SSSR count). The summed E-state index contributed by atoms with van der Waals surface area (Å²) in [6, 6.07) is 4.38. The predicted molar refractivity (Wildman–Crippen MR) is 80.9 cm³/mol. The van der Waals surface area contributed by atoms with Crippen LogP contribution >= 0.6 is 0 Å². The molecule has 5 nitrogen and oxygen atoms in total. The number of H-pyrrole nitrogens is 1. The number of aromatic amines is 1. The molecule has 0 bridgehead atoms. The van der Waals surface area contributed by atoms with Gasteiger partial charge >= 0.3 is 0 Å². The quantitative estimate of drug-likeness (QED) is 0.941. The van der Waals surface area contributed by atoms with Gasteiger partial charge in [-0.1, -0.05) is 6.92 Å². The Morgan fingerprint density at radius 3 is 2.90 bits per heavy atom. The Kier molecular flexibility index (Phi) is 3.57. The van der Waals surface area contributed by atoms with Crippen molar-refractivity contribution in [3.05, 3.63) is 41.0 Å². The van der Waals surface area contributed by atoms with Gasteiger partial charge in [0.25, 0.3) is 0 Å². The summed E-state index contributed by atoms with van der Waals surface area (Å²) in [5.41, 5.74) is 4.21. The van der Waals surface area contributed by atoms with Crippen LogP contribution in [0, 0.1) is 13.8 Å². The van der Waals surface area contributed by atoms with Gasteiger partial charge in [-0.3, -0.25) is 9.89 Å². The van der Waals surface area contributed by atoms with Gasteiger partial charge in [0.15, 0.2) is 0 Å². The van der Waals surface area contributed by atoms with Crippen LogP contribution in [0.2, 0.25) is 0 Å². The maximum absolute atomic E-state index is 12.7. The van der Waals surface area contributed by atoms with Gasteiger partial charge in [-0.2, -0.15) is 5.10 Å². The van der Waals surface area contributed by atoms with Crippen LogP contribution in [0.25, 0.3) is 0 Å². The smallest absolute Gasteiger partial charge is 0.227 e. The van der Waals surface area contributed by atoms with Crippen LogP contribution in [0.3, 0.4) is 0 Å². The number of nitrogens with zero attached hydrogens (tertiary/aromatic N) is 3. The fourth-order valence-electron chi connectivity index (χ4n) is 3.28. The summed E-state index contributed by atoms with van der Waals surface area (Å²) >= 11 is 0. The molecule has 21 heavy (non-hydrogen) atoms. The number of aromatic nitrogens is 3. The molecule has 2 aromatic rings. The average molecular weight is 286 g/mol. The van der Waals surface area contributed by atoms with Gasteiger partial charge in [-0.05, 0) is 32.4 Å². The van der Waals surface area contributed by atoms with Crippen molar-refractivity contribution in [2.24, 2.45) is 0 Å². The van der Waals surface area contributed by atoms with Crippen LogP contribution in [-0.4, -0.2) is 32.1 Å². The van der Waals surface area contributed by atoms with Crippen molar-refractivity contribution < 1.29 is 4.79 Å². The number of nitrogens with one attached hydrogen (secondary N) is 1. The van der Waals surface area contributed by atoms with E-state index in [4.69, 9.17) is 0 Å². The topological polar surface area (TPSA) is 53.9 Å². The molecule has 1 atom stereocenters. The Morgan fingerprint density at radius 2 is 2.24 bits per heavy atom. The van der Waals surface area contributed by atoms with Crippen molar-refractivity contribution in [3.8, 4) is 0 Å². The van der Waals surface area contributed by atoms with E-state index >= 15 is 0 Å². The highest BCUT2D eigenvalue weighted by Gasteiger charge is 2.29. The van der Waals surface area contributed by atoms with Gasteiger partial charge in [0, 0.05) is 36.2 Å². The van der Waals surface area contributed by atoms with Crippen LogP contribution < -0.4 is 0 Å². The molecule has 1 aliphatic rings. The number of hydrogen-bond donors (Lipinski definition) is 1. The highest BCUT2D eigenvalue weighted by molar-refractivity contribution is 5.80. The molecule has 0 aromatic carbocycles. The standard InChI is InChI=1S/C16H22N4O/c1-4-14-15-6-5-7-19(15)8-9-20(14)16(21)10-13-11(2)17-18-12(13)3/h5-7,14H,4,8-10H2,1-3H3,(H,17,18). The molecule has 1 aliphatic heterocycles. The molecule has 0 fully saturated rings. The molecule has 5 heteroatoms. The Bertz CT molecular complexity index is 636. The second-order valence-corrected chi connectivity index (χ2v) is 5.73. The largest absolute Gasteiger partial charge is 0.348 e. The number of fused-ring (bicyclic) bond motifs is 1. The summed E-state index contributed by atoms with van der Waals surface area (Å²) in [6.45, 7) is 7.73. The molecule has 112 valence electrons. The molecule has 0 aliphatic carbocycles. The lowest BCUT2D eigenvalue weighted by Gasteiger charge is -2.36. The number of amides is 1. The third-order valence-corrected chi connectivity index (χ3v) is 4.48. The number of rotatable bonds is 3. The van der Waals surface area contributed by atoms with E-state index in [1.807, 2.05) is 18.7 Å². The molecule has 0 saturated heterocycles. The van der Waals surface area contributed by atoms with Crippen LogP contribution in [-0.2, 0) is 17.8 Å². The fraction of sp³-hybridized carbons (Fsp3) is 0.500. The zero-order valence-electron chi connectivity index (χ0n) is 12.9. The van der Waals surface area contributed by atoms with E-state index in [0.717, 1.165) is 36.5 Å².